The van der Waals surface area contributed by atoms with E-state index in [0.717, 1.165) is 36.7 Å². The van der Waals surface area contributed by atoms with Crippen LogP contribution in [0, 0.1) is 6.92 Å². The summed E-state index contributed by atoms with van der Waals surface area (Å²) in [5.41, 5.74) is 2.21. The van der Waals surface area contributed by atoms with Crippen LogP contribution >= 0.6 is 24.8 Å². The Balaban J connectivity index is 0.00000113. The van der Waals surface area contributed by atoms with Crippen molar-refractivity contribution in [1.29, 1.82) is 0 Å². The van der Waals surface area contributed by atoms with E-state index in [0.29, 0.717) is 17.6 Å². The second kappa shape index (κ2) is 8.21. The lowest BCUT2D eigenvalue weighted by molar-refractivity contribution is 0.0747. The fourth-order valence-corrected chi connectivity index (χ4v) is 3.65. The molecule has 136 valence electrons. The minimum atomic E-state index is 0. The maximum Gasteiger partial charge on any atom is 0.255 e. The fraction of sp³-hybridized carbons (Fsp3) is 0.444. The average molecular weight is 384 g/mol. The highest BCUT2D eigenvalue weighted by Gasteiger charge is 2.31. The Morgan fingerprint density at radius 1 is 1.20 bits per heavy atom. The quantitative estimate of drug-likeness (QED) is 0.862. The Kier molecular flexibility index (Phi) is 6.49. The number of fused-ring (bicyclic) bond motifs is 2. The molecular formula is C18H23Cl2N3O2. The summed E-state index contributed by atoms with van der Waals surface area (Å²) in [5.74, 6) is 0.818. The number of hydrogen-bond donors (Lipinski definition) is 1. The van der Waals surface area contributed by atoms with Gasteiger partial charge in [0.2, 0.25) is 0 Å². The van der Waals surface area contributed by atoms with Gasteiger partial charge in [-0.3, -0.25) is 4.79 Å². The first kappa shape index (κ1) is 19.8. The van der Waals surface area contributed by atoms with Gasteiger partial charge < -0.3 is 14.6 Å². The zero-order chi connectivity index (χ0) is 15.8. The number of halogens is 2. The van der Waals surface area contributed by atoms with Crippen molar-refractivity contribution in [2.75, 3.05) is 13.1 Å². The van der Waals surface area contributed by atoms with Gasteiger partial charge in [-0.1, -0.05) is 0 Å². The molecule has 2 aromatic heterocycles. The molecule has 2 aliphatic rings. The first-order valence-electron chi connectivity index (χ1n) is 8.27. The number of carbonyl (C=O) groups excluding carboxylic acids is 1. The fourth-order valence-electron chi connectivity index (χ4n) is 3.65. The Morgan fingerprint density at radius 3 is 2.72 bits per heavy atom. The van der Waals surface area contributed by atoms with Crippen LogP contribution in [0.5, 0.6) is 0 Å². The van der Waals surface area contributed by atoms with E-state index in [1.165, 1.54) is 12.8 Å². The number of aryl methyl sites for hydroxylation is 1. The molecule has 7 heteroatoms. The number of likely N-dealkylation sites (tertiary alicyclic amines) is 1. The van der Waals surface area contributed by atoms with Crippen LogP contribution in [0.1, 0.15) is 35.3 Å². The first-order chi connectivity index (χ1) is 11.2. The van der Waals surface area contributed by atoms with Crippen molar-refractivity contribution in [3.8, 4) is 11.5 Å². The number of nitrogens with one attached hydrogen (secondary N) is 1. The summed E-state index contributed by atoms with van der Waals surface area (Å²) in [6.45, 7) is 3.52. The number of amides is 1. The van der Waals surface area contributed by atoms with Gasteiger partial charge in [0.25, 0.3) is 5.91 Å². The van der Waals surface area contributed by atoms with Crippen molar-refractivity contribution < 1.29 is 9.21 Å². The molecule has 1 N–H and O–H groups in total. The normalized spacial score (nSPS) is 21.9. The van der Waals surface area contributed by atoms with E-state index in [9.17, 15) is 4.79 Å². The van der Waals surface area contributed by atoms with E-state index < -0.39 is 0 Å². The minimum absolute atomic E-state index is 0. The predicted molar refractivity (Wildman–Crippen MR) is 102 cm³/mol. The van der Waals surface area contributed by atoms with E-state index >= 15 is 0 Å². The molecule has 2 unspecified atom stereocenters. The van der Waals surface area contributed by atoms with Crippen LogP contribution < -0.4 is 5.32 Å². The van der Waals surface area contributed by atoms with E-state index in [1.807, 2.05) is 36.1 Å². The highest BCUT2D eigenvalue weighted by Crippen LogP contribution is 2.23. The van der Waals surface area contributed by atoms with E-state index in [2.05, 4.69) is 10.3 Å². The molecule has 0 aliphatic carbocycles. The van der Waals surface area contributed by atoms with Crippen LogP contribution in [0.2, 0.25) is 0 Å². The molecule has 2 saturated heterocycles. The number of nitrogens with zero attached hydrogens (tertiary/aromatic N) is 2. The van der Waals surface area contributed by atoms with Crippen molar-refractivity contribution in [1.82, 2.24) is 15.2 Å². The standard InChI is InChI=1S/C18H21N3O2.2ClH/c1-12-15(6-7-16(19-12)17-3-2-10-23-17)18(22)21-9-8-13-4-5-14(11-21)20-13;;/h2-3,6-7,10,13-14,20H,4-5,8-9,11H2,1H3;2*1H. The van der Waals surface area contributed by atoms with Crippen molar-refractivity contribution in [2.45, 2.75) is 38.3 Å². The number of aromatic nitrogens is 1. The summed E-state index contributed by atoms with van der Waals surface area (Å²) in [7, 11) is 0. The molecule has 4 rings (SSSR count). The summed E-state index contributed by atoms with van der Waals surface area (Å²) >= 11 is 0. The van der Waals surface area contributed by atoms with Gasteiger partial charge in [-0.2, -0.15) is 0 Å². The third kappa shape index (κ3) is 4.00. The molecule has 2 aromatic rings. The van der Waals surface area contributed by atoms with E-state index in [1.54, 1.807) is 6.26 Å². The molecular weight excluding hydrogens is 361 g/mol. The van der Waals surface area contributed by atoms with Gasteiger partial charge in [0.05, 0.1) is 17.5 Å². The molecule has 2 bridgehead atoms. The van der Waals surface area contributed by atoms with Crippen molar-refractivity contribution in [2.24, 2.45) is 0 Å². The summed E-state index contributed by atoms with van der Waals surface area (Å²) in [6.07, 6.45) is 5.08. The maximum atomic E-state index is 12.9. The maximum absolute atomic E-state index is 12.9. The molecule has 0 radical (unpaired) electrons. The largest absolute Gasteiger partial charge is 0.463 e. The average Bonchev–Trinajstić information content (AvgIpc) is 3.16. The molecule has 4 heterocycles. The zero-order valence-corrected chi connectivity index (χ0v) is 15.7. The lowest BCUT2D eigenvalue weighted by Crippen LogP contribution is -2.39. The Morgan fingerprint density at radius 2 is 2.00 bits per heavy atom. The topological polar surface area (TPSA) is 58.4 Å². The van der Waals surface area contributed by atoms with Crippen LogP contribution in [0.25, 0.3) is 11.5 Å². The second-order valence-corrected chi connectivity index (χ2v) is 6.48. The third-order valence-corrected chi connectivity index (χ3v) is 4.90. The minimum Gasteiger partial charge on any atom is -0.463 e. The molecule has 2 aliphatic heterocycles. The molecule has 2 atom stereocenters. The van der Waals surface area contributed by atoms with Gasteiger partial charge in [-0.15, -0.1) is 24.8 Å². The lowest BCUT2D eigenvalue weighted by Gasteiger charge is -2.25. The zero-order valence-electron chi connectivity index (χ0n) is 14.1. The molecule has 5 nitrogen and oxygen atoms in total. The number of carbonyl (C=O) groups is 1. The van der Waals surface area contributed by atoms with E-state index in [-0.39, 0.29) is 30.7 Å². The second-order valence-electron chi connectivity index (χ2n) is 6.48. The third-order valence-electron chi connectivity index (χ3n) is 4.90. The molecule has 0 spiro atoms. The van der Waals surface area contributed by atoms with Gasteiger partial charge in [-0.05, 0) is 50.5 Å². The Hall–Kier alpha value is -1.56. The molecule has 1 amide bonds. The van der Waals surface area contributed by atoms with Gasteiger partial charge in [0.15, 0.2) is 5.76 Å². The van der Waals surface area contributed by atoms with Gasteiger partial charge in [-0.25, -0.2) is 4.98 Å². The predicted octanol–water partition coefficient (Wildman–Crippen LogP) is 3.46. The molecule has 0 aromatic carbocycles. The number of hydrogen-bond acceptors (Lipinski definition) is 4. The summed E-state index contributed by atoms with van der Waals surface area (Å²) < 4.78 is 5.38. The van der Waals surface area contributed by atoms with E-state index in [4.69, 9.17) is 4.42 Å². The van der Waals surface area contributed by atoms with Gasteiger partial charge >= 0.3 is 0 Å². The number of pyridine rings is 1. The Labute approximate surface area is 160 Å². The van der Waals surface area contributed by atoms with Crippen LogP contribution in [0.4, 0.5) is 0 Å². The summed E-state index contributed by atoms with van der Waals surface area (Å²) in [6, 6.07) is 8.48. The van der Waals surface area contributed by atoms with Crippen molar-refractivity contribution in [3.05, 3.63) is 41.8 Å². The van der Waals surface area contributed by atoms with Crippen LogP contribution in [0.3, 0.4) is 0 Å². The van der Waals surface area contributed by atoms with Crippen LogP contribution in [-0.2, 0) is 0 Å². The monoisotopic (exact) mass is 383 g/mol. The summed E-state index contributed by atoms with van der Waals surface area (Å²) in [4.78, 5) is 19.4. The molecule has 25 heavy (non-hydrogen) atoms. The van der Waals surface area contributed by atoms with Crippen molar-refractivity contribution >= 4 is 30.7 Å². The SMILES string of the molecule is Cc1nc(-c2ccco2)ccc1C(=O)N1CCC2CCC(C1)N2.Cl.Cl. The smallest absolute Gasteiger partial charge is 0.255 e. The number of rotatable bonds is 2. The summed E-state index contributed by atoms with van der Waals surface area (Å²) in [5, 5.41) is 3.61. The first-order valence-corrected chi connectivity index (χ1v) is 8.27. The lowest BCUT2D eigenvalue weighted by atomic mass is 10.1. The van der Waals surface area contributed by atoms with Crippen LogP contribution in [-0.4, -0.2) is 41.0 Å². The molecule has 0 saturated carbocycles. The molecule has 2 fully saturated rings. The Bertz CT molecular complexity index is 721. The van der Waals surface area contributed by atoms with Gasteiger partial charge in [0.1, 0.15) is 5.69 Å². The number of furan rings is 1. The highest BCUT2D eigenvalue weighted by atomic mass is 35.5. The highest BCUT2D eigenvalue weighted by molar-refractivity contribution is 5.95. The van der Waals surface area contributed by atoms with Crippen molar-refractivity contribution in [3.63, 3.8) is 0 Å². The van der Waals surface area contributed by atoms with Gasteiger partial charge in [0, 0.05) is 25.2 Å². The van der Waals surface area contributed by atoms with Crippen LogP contribution in [0.15, 0.2) is 34.9 Å².